The van der Waals surface area contributed by atoms with Crippen molar-refractivity contribution >= 4 is 0 Å². The molecule has 0 aliphatic carbocycles. The number of benzene rings is 2. The van der Waals surface area contributed by atoms with Gasteiger partial charge < -0.3 is 24.3 Å². The lowest BCUT2D eigenvalue weighted by Gasteiger charge is -2.35. The van der Waals surface area contributed by atoms with Crippen LogP contribution in [-0.4, -0.2) is 58.6 Å². The topological polar surface area (TPSA) is 52.2 Å². The quantitative estimate of drug-likeness (QED) is 0.633. The number of halogens is 2. The van der Waals surface area contributed by atoms with E-state index in [1.165, 1.54) is 12.7 Å². The van der Waals surface area contributed by atoms with Crippen LogP contribution in [0.1, 0.15) is 17.2 Å². The molecule has 3 rings (SSSR count). The van der Waals surface area contributed by atoms with E-state index >= 15 is 0 Å². The third kappa shape index (κ3) is 6.04. The van der Waals surface area contributed by atoms with Gasteiger partial charge >= 0.3 is 6.61 Å². The zero-order valence-corrected chi connectivity index (χ0v) is 17.3. The van der Waals surface area contributed by atoms with Crippen molar-refractivity contribution in [2.24, 2.45) is 0 Å². The third-order valence-corrected chi connectivity index (χ3v) is 5.10. The molecule has 0 bridgehead atoms. The number of morpholine rings is 1. The molecule has 0 amide bonds. The zero-order chi connectivity index (χ0) is 21.3. The van der Waals surface area contributed by atoms with Gasteiger partial charge in [-0.1, -0.05) is 18.2 Å². The minimum absolute atomic E-state index is 0.0340. The molecule has 1 aliphatic heterocycles. The van der Waals surface area contributed by atoms with Crippen LogP contribution in [0.15, 0.2) is 42.5 Å². The van der Waals surface area contributed by atoms with Crippen molar-refractivity contribution in [1.29, 1.82) is 0 Å². The van der Waals surface area contributed by atoms with Gasteiger partial charge in [0.05, 0.1) is 27.4 Å². The second-order valence-corrected chi connectivity index (χ2v) is 6.93. The molecule has 1 unspecified atom stereocenters. The first kappa shape index (κ1) is 22.3. The molecule has 6 nitrogen and oxygen atoms in total. The smallest absolute Gasteiger partial charge is 0.387 e. The van der Waals surface area contributed by atoms with E-state index in [1.54, 1.807) is 19.2 Å². The second kappa shape index (κ2) is 11.1. The average molecular weight is 422 g/mol. The molecule has 1 atom stereocenters. The van der Waals surface area contributed by atoms with E-state index in [4.69, 9.17) is 14.2 Å². The lowest BCUT2D eigenvalue weighted by molar-refractivity contribution is -0.0512. The van der Waals surface area contributed by atoms with Gasteiger partial charge in [0.1, 0.15) is 5.75 Å². The molecule has 1 aliphatic rings. The van der Waals surface area contributed by atoms with Crippen LogP contribution in [-0.2, 0) is 11.3 Å². The summed E-state index contributed by atoms with van der Waals surface area (Å²) >= 11 is 0. The van der Waals surface area contributed by atoms with E-state index in [1.807, 2.05) is 18.2 Å². The summed E-state index contributed by atoms with van der Waals surface area (Å²) in [5.41, 5.74) is 2.02. The molecule has 1 saturated heterocycles. The molecule has 0 spiro atoms. The lowest BCUT2D eigenvalue weighted by atomic mass is 10.0. The van der Waals surface area contributed by atoms with Crippen LogP contribution in [0.3, 0.4) is 0 Å². The van der Waals surface area contributed by atoms with E-state index < -0.39 is 6.61 Å². The van der Waals surface area contributed by atoms with Crippen LogP contribution >= 0.6 is 0 Å². The Morgan fingerprint density at radius 3 is 2.37 bits per heavy atom. The molecule has 2 aromatic rings. The summed E-state index contributed by atoms with van der Waals surface area (Å²) < 4.78 is 45.7. The molecule has 1 heterocycles. The maximum Gasteiger partial charge on any atom is 0.387 e. The fourth-order valence-corrected chi connectivity index (χ4v) is 3.55. The Morgan fingerprint density at radius 1 is 1.00 bits per heavy atom. The number of nitrogens with zero attached hydrogens (tertiary/aromatic N) is 1. The Hall–Kier alpha value is -2.42. The monoisotopic (exact) mass is 422 g/mol. The van der Waals surface area contributed by atoms with Gasteiger partial charge in [-0.05, 0) is 35.4 Å². The van der Waals surface area contributed by atoms with Gasteiger partial charge in [-0.25, -0.2) is 0 Å². The van der Waals surface area contributed by atoms with Gasteiger partial charge in [-0.3, -0.25) is 4.90 Å². The number of alkyl halides is 2. The van der Waals surface area contributed by atoms with Crippen LogP contribution in [0.4, 0.5) is 8.78 Å². The highest BCUT2D eigenvalue weighted by Gasteiger charge is 2.22. The summed E-state index contributed by atoms with van der Waals surface area (Å²) in [5.74, 6) is 1.13. The summed E-state index contributed by atoms with van der Waals surface area (Å²) in [6, 6.07) is 13.3. The molecule has 8 heteroatoms. The maximum atomic E-state index is 12.7. The Labute approximate surface area is 175 Å². The largest absolute Gasteiger partial charge is 0.497 e. The number of hydrogen-bond donors (Lipinski definition) is 1. The zero-order valence-electron chi connectivity index (χ0n) is 17.3. The number of methoxy groups -OCH3 is 2. The molecular weight excluding hydrogens is 394 g/mol. The molecule has 1 N–H and O–H groups in total. The maximum absolute atomic E-state index is 12.7. The van der Waals surface area contributed by atoms with Crippen molar-refractivity contribution in [3.8, 4) is 17.2 Å². The highest BCUT2D eigenvalue weighted by Crippen LogP contribution is 2.30. The Bertz CT molecular complexity index is 783. The Kier molecular flexibility index (Phi) is 8.24. The van der Waals surface area contributed by atoms with Crippen molar-refractivity contribution in [1.82, 2.24) is 10.2 Å². The van der Waals surface area contributed by atoms with Gasteiger partial charge in [0.2, 0.25) is 0 Å². The average Bonchev–Trinajstić information content (AvgIpc) is 2.77. The Balaban J connectivity index is 1.67. The van der Waals surface area contributed by atoms with E-state index in [0.717, 1.165) is 24.4 Å². The lowest BCUT2D eigenvalue weighted by Crippen LogP contribution is -2.42. The molecular formula is C22H28F2N2O4. The van der Waals surface area contributed by atoms with E-state index in [0.29, 0.717) is 26.3 Å². The van der Waals surface area contributed by atoms with Gasteiger partial charge in [0, 0.05) is 32.2 Å². The number of hydrogen-bond acceptors (Lipinski definition) is 6. The van der Waals surface area contributed by atoms with Gasteiger partial charge in [-0.2, -0.15) is 8.78 Å². The Morgan fingerprint density at radius 2 is 1.73 bits per heavy atom. The predicted molar refractivity (Wildman–Crippen MR) is 109 cm³/mol. The first-order chi connectivity index (χ1) is 14.6. The highest BCUT2D eigenvalue weighted by molar-refractivity contribution is 5.43. The van der Waals surface area contributed by atoms with Crippen molar-refractivity contribution in [2.45, 2.75) is 19.2 Å². The second-order valence-electron chi connectivity index (χ2n) is 6.93. The third-order valence-electron chi connectivity index (χ3n) is 5.10. The SMILES string of the molecule is COc1ccc(C(CNCc2ccc(OC)c(OC(F)F)c2)N2CCOCC2)cc1. The van der Waals surface area contributed by atoms with Crippen molar-refractivity contribution in [2.75, 3.05) is 47.1 Å². The standard InChI is InChI=1S/C22H28F2N2O4/c1-27-18-6-4-17(5-7-18)19(26-9-11-29-12-10-26)15-25-14-16-3-8-20(28-2)21(13-16)30-22(23)24/h3-8,13,19,22,25H,9-12,14-15H2,1-2H3. The number of rotatable bonds is 10. The van der Waals surface area contributed by atoms with Crippen molar-refractivity contribution in [3.05, 3.63) is 53.6 Å². The van der Waals surface area contributed by atoms with Crippen molar-refractivity contribution < 1.29 is 27.7 Å². The van der Waals surface area contributed by atoms with Crippen LogP contribution in [0.5, 0.6) is 17.2 Å². The van der Waals surface area contributed by atoms with Gasteiger partial charge in [0.15, 0.2) is 11.5 Å². The molecule has 0 aromatic heterocycles. The van der Waals surface area contributed by atoms with Crippen molar-refractivity contribution in [3.63, 3.8) is 0 Å². The summed E-state index contributed by atoms with van der Waals surface area (Å²) in [6.07, 6.45) is 0. The molecule has 0 radical (unpaired) electrons. The first-order valence-electron chi connectivity index (χ1n) is 9.89. The molecule has 1 fully saturated rings. The molecule has 30 heavy (non-hydrogen) atoms. The summed E-state index contributed by atoms with van der Waals surface area (Å²) in [5, 5.41) is 3.45. The van der Waals surface area contributed by atoms with Crippen LogP contribution < -0.4 is 19.5 Å². The minimum Gasteiger partial charge on any atom is -0.497 e. The minimum atomic E-state index is -2.90. The van der Waals surface area contributed by atoms with Crippen LogP contribution in [0, 0.1) is 0 Å². The summed E-state index contributed by atoms with van der Waals surface area (Å²) in [7, 11) is 3.07. The van der Waals surface area contributed by atoms with Gasteiger partial charge in [0.25, 0.3) is 0 Å². The highest BCUT2D eigenvalue weighted by atomic mass is 19.3. The summed E-state index contributed by atoms with van der Waals surface area (Å²) in [4.78, 5) is 2.39. The molecule has 0 saturated carbocycles. The molecule has 164 valence electrons. The molecule has 2 aromatic carbocycles. The van der Waals surface area contributed by atoms with E-state index in [2.05, 4.69) is 27.1 Å². The predicted octanol–water partition coefficient (Wildman–Crippen LogP) is 3.47. The fourth-order valence-electron chi connectivity index (χ4n) is 3.55. The number of ether oxygens (including phenoxy) is 4. The van der Waals surface area contributed by atoms with Crippen LogP contribution in [0.25, 0.3) is 0 Å². The number of nitrogens with one attached hydrogen (secondary N) is 1. The van der Waals surface area contributed by atoms with Gasteiger partial charge in [-0.15, -0.1) is 0 Å². The fraction of sp³-hybridized carbons (Fsp3) is 0.455. The van der Waals surface area contributed by atoms with Crippen LogP contribution in [0.2, 0.25) is 0 Å². The normalized spacial score (nSPS) is 15.8. The summed E-state index contributed by atoms with van der Waals surface area (Å²) in [6.45, 7) is 1.44. The van der Waals surface area contributed by atoms with E-state index in [9.17, 15) is 8.78 Å². The van der Waals surface area contributed by atoms with E-state index in [-0.39, 0.29) is 17.5 Å². The first-order valence-corrected chi connectivity index (χ1v) is 9.89.